The number of rotatable bonds is 3. The zero-order valence-electron chi connectivity index (χ0n) is 9.79. The lowest BCUT2D eigenvalue weighted by molar-refractivity contribution is 0.104. The quantitative estimate of drug-likeness (QED) is 0.757. The molecular formula is C14H13BrOS. The number of ketones is 1. The fourth-order valence-corrected chi connectivity index (χ4v) is 3.08. The Morgan fingerprint density at radius 2 is 2.06 bits per heavy atom. The second kappa shape index (κ2) is 5.15. The van der Waals surface area contributed by atoms with E-state index < -0.39 is 0 Å². The molecule has 0 spiro atoms. The summed E-state index contributed by atoms with van der Waals surface area (Å²) in [6.45, 7) is 4.07. The lowest BCUT2D eigenvalue weighted by Crippen LogP contribution is -2.01. The van der Waals surface area contributed by atoms with Gasteiger partial charge in [-0.2, -0.15) is 0 Å². The first-order valence-electron chi connectivity index (χ1n) is 5.51. The van der Waals surface area contributed by atoms with Crippen molar-refractivity contribution >= 4 is 33.0 Å². The molecular weight excluding hydrogens is 296 g/mol. The molecule has 1 heterocycles. The van der Waals surface area contributed by atoms with Gasteiger partial charge in [0.2, 0.25) is 5.78 Å². The van der Waals surface area contributed by atoms with Crippen molar-refractivity contribution in [3.05, 3.63) is 55.7 Å². The fraction of sp³-hybridized carbons (Fsp3) is 0.214. The molecule has 0 amide bonds. The molecule has 3 heteroatoms. The van der Waals surface area contributed by atoms with Gasteiger partial charge in [0.15, 0.2) is 0 Å². The minimum absolute atomic E-state index is 0.125. The summed E-state index contributed by atoms with van der Waals surface area (Å²) >= 11 is 5.00. The second-order valence-corrected chi connectivity index (χ2v) is 5.99. The van der Waals surface area contributed by atoms with E-state index in [-0.39, 0.29) is 5.78 Å². The Kier molecular flexibility index (Phi) is 3.79. The molecule has 0 saturated heterocycles. The highest BCUT2D eigenvalue weighted by Gasteiger charge is 2.13. The summed E-state index contributed by atoms with van der Waals surface area (Å²) in [5.74, 6) is 0.125. The van der Waals surface area contributed by atoms with E-state index >= 15 is 0 Å². The molecule has 1 nitrogen and oxygen atoms in total. The van der Waals surface area contributed by atoms with E-state index in [1.807, 2.05) is 37.3 Å². The highest BCUT2D eigenvalue weighted by molar-refractivity contribution is 9.10. The number of halogens is 1. The van der Waals surface area contributed by atoms with Crippen molar-refractivity contribution in [3.8, 4) is 0 Å². The van der Waals surface area contributed by atoms with Crippen molar-refractivity contribution in [1.29, 1.82) is 0 Å². The van der Waals surface area contributed by atoms with Crippen LogP contribution in [0.3, 0.4) is 0 Å². The standard InChI is InChI=1S/C14H13BrOS/c1-3-11-5-7-13(17-11)14(16)12-6-4-10(15)8-9(12)2/h4-8H,3H2,1-2H3. The highest BCUT2D eigenvalue weighted by atomic mass is 79.9. The Hall–Kier alpha value is -0.930. The van der Waals surface area contributed by atoms with Gasteiger partial charge in [-0.25, -0.2) is 0 Å². The molecule has 0 atom stereocenters. The number of hydrogen-bond acceptors (Lipinski definition) is 2. The minimum atomic E-state index is 0.125. The third-order valence-corrected chi connectivity index (χ3v) is 4.39. The molecule has 0 bridgehead atoms. The van der Waals surface area contributed by atoms with Crippen LogP contribution in [0.1, 0.15) is 32.6 Å². The Labute approximate surface area is 114 Å². The summed E-state index contributed by atoms with van der Waals surface area (Å²) in [5, 5.41) is 0. The van der Waals surface area contributed by atoms with Crippen molar-refractivity contribution in [1.82, 2.24) is 0 Å². The molecule has 1 aromatic heterocycles. The van der Waals surface area contributed by atoms with Crippen molar-refractivity contribution in [3.63, 3.8) is 0 Å². The van der Waals surface area contributed by atoms with E-state index in [2.05, 4.69) is 22.9 Å². The van der Waals surface area contributed by atoms with Crippen LogP contribution in [0.5, 0.6) is 0 Å². The van der Waals surface area contributed by atoms with Gasteiger partial charge in [0, 0.05) is 14.9 Å². The zero-order chi connectivity index (χ0) is 12.4. The molecule has 0 N–H and O–H groups in total. The van der Waals surface area contributed by atoms with Crippen molar-refractivity contribution in [2.24, 2.45) is 0 Å². The van der Waals surface area contributed by atoms with E-state index in [1.54, 1.807) is 11.3 Å². The molecule has 1 aromatic carbocycles. The van der Waals surface area contributed by atoms with Crippen LogP contribution < -0.4 is 0 Å². The van der Waals surface area contributed by atoms with Gasteiger partial charge in [-0.15, -0.1) is 11.3 Å². The number of carbonyl (C=O) groups excluding carboxylic acids is 1. The summed E-state index contributed by atoms with van der Waals surface area (Å²) in [5.41, 5.74) is 1.80. The highest BCUT2D eigenvalue weighted by Crippen LogP contribution is 2.23. The molecule has 0 saturated carbocycles. The molecule has 2 rings (SSSR count). The Morgan fingerprint density at radius 1 is 1.29 bits per heavy atom. The predicted octanol–water partition coefficient (Wildman–Crippen LogP) is 4.61. The van der Waals surface area contributed by atoms with Crippen LogP contribution in [0.25, 0.3) is 0 Å². The first-order valence-corrected chi connectivity index (χ1v) is 7.12. The summed E-state index contributed by atoms with van der Waals surface area (Å²) in [6.07, 6.45) is 0.983. The van der Waals surface area contributed by atoms with E-state index in [0.29, 0.717) is 0 Å². The maximum atomic E-state index is 12.3. The van der Waals surface area contributed by atoms with Gasteiger partial charge in [0.25, 0.3) is 0 Å². The molecule has 0 unspecified atom stereocenters. The molecule has 0 radical (unpaired) electrons. The largest absolute Gasteiger partial charge is 0.288 e. The number of carbonyl (C=O) groups is 1. The van der Waals surface area contributed by atoms with Gasteiger partial charge in [-0.05, 0) is 49.2 Å². The summed E-state index contributed by atoms with van der Waals surface area (Å²) < 4.78 is 1.01. The normalized spacial score (nSPS) is 10.5. The van der Waals surface area contributed by atoms with Crippen LogP contribution in [0.15, 0.2) is 34.8 Å². The second-order valence-electron chi connectivity index (χ2n) is 3.91. The average molecular weight is 309 g/mol. The van der Waals surface area contributed by atoms with Crippen LogP contribution in [0, 0.1) is 6.92 Å². The van der Waals surface area contributed by atoms with Gasteiger partial charge in [-0.3, -0.25) is 4.79 Å². The van der Waals surface area contributed by atoms with Crippen LogP contribution in [-0.2, 0) is 6.42 Å². The Bertz CT molecular complexity index is 557. The van der Waals surface area contributed by atoms with Gasteiger partial charge >= 0.3 is 0 Å². The van der Waals surface area contributed by atoms with E-state index in [9.17, 15) is 4.79 Å². The molecule has 0 aliphatic heterocycles. The SMILES string of the molecule is CCc1ccc(C(=O)c2ccc(Br)cc2C)s1. The molecule has 2 aromatic rings. The molecule has 88 valence electrons. The molecule has 0 fully saturated rings. The van der Waals surface area contributed by atoms with Gasteiger partial charge in [0.05, 0.1) is 4.88 Å². The number of hydrogen-bond donors (Lipinski definition) is 0. The lowest BCUT2D eigenvalue weighted by atomic mass is 10.0. The Balaban J connectivity index is 2.36. The third-order valence-electron chi connectivity index (χ3n) is 2.67. The first kappa shape index (κ1) is 12.5. The van der Waals surface area contributed by atoms with Gasteiger partial charge in [0.1, 0.15) is 0 Å². The topological polar surface area (TPSA) is 17.1 Å². The Morgan fingerprint density at radius 3 is 2.65 bits per heavy atom. The van der Waals surface area contributed by atoms with Gasteiger partial charge < -0.3 is 0 Å². The van der Waals surface area contributed by atoms with E-state index in [0.717, 1.165) is 26.9 Å². The maximum absolute atomic E-state index is 12.3. The van der Waals surface area contributed by atoms with Crippen LogP contribution in [-0.4, -0.2) is 5.78 Å². The van der Waals surface area contributed by atoms with Gasteiger partial charge in [-0.1, -0.05) is 22.9 Å². The number of thiophene rings is 1. The van der Waals surface area contributed by atoms with E-state index in [4.69, 9.17) is 0 Å². The lowest BCUT2D eigenvalue weighted by Gasteiger charge is -2.03. The summed E-state index contributed by atoms with van der Waals surface area (Å²) in [7, 11) is 0. The predicted molar refractivity (Wildman–Crippen MR) is 76.0 cm³/mol. The fourth-order valence-electron chi connectivity index (χ4n) is 1.70. The number of aryl methyl sites for hydroxylation is 2. The molecule has 17 heavy (non-hydrogen) atoms. The zero-order valence-corrected chi connectivity index (χ0v) is 12.2. The van der Waals surface area contributed by atoms with Crippen LogP contribution >= 0.6 is 27.3 Å². The number of benzene rings is 1. The monoisotopic (exact) mass is 308 g/mol. The summed E-state index contributed by atoms with van der Waals surface area (Å²) in [6, 6.07) is 9.72. The van der Waals surface area contributed by atoms with Crippen LogP contribution in [0.4, 0.5) is 0 Å². The maximum Gasteiger partial charge on any atom is 0.203 e. The molecule has 0 aliphatic rings. The third kappa shape index (κ3) is 2.67. The minimum Gasteiger partial charge on any atom is -0.288 e. The smallest absolute Gasteiger partial charge is 0.203 e. The first-order chi connectivity index (χ1) is 8.11. The van der Waals surface area contributed by atoms with Crippen molar-refractivity contribution in [2.45, 2.75) is 20.3 Å². The molecule has 0 aliphatic carbocycles. The average Bonchev–Trinajstić information content (AvgIpc) is 2.76. The van der Waals surface area contributed by atoms with E-state index in [1.165, 1.54) is 4.88 Å². The van der Waals surface area contributed by atoms with Crippen molar-refractivity contribution < 1.29 is 4.79 Å². The van der Waals surface area contributed by atoms with Crippen LogP contribution in [0.2, 0.25) is 0 Å². The summed E-state index contributed by atoms with van der Waals surface area (Å²) in [4.78, 5) is 14.4. The van der Waals surface area contributed by atoms with Crippen molar-refractivity contribution in [2.75, 3.05) is 0 Å².